The van der Waals surface area contributed by atoms with E-state index in [0.29, 0.717) is 0 Å². The summed E-state index contributed by atoms with van der Waals surface area (Å²) in [5.74, 6) is 0. The molecule has 64 heavy (non-hydrogen) atoms. The van der Waals surface area contributed by atoms with Crippen molar-refractivity contribution >= 4 is 71.0 Å². The Hall–Kier alpha value is -8.32. The van der Waals surface area contributed by atoms with E-state index in [1.165, 1.54) is 132 Å². The van der Waals surface area contributed by atoms with Crippen molar-refractivity contribution < 1.29 is 0 Å². The van der Waals surface area contributed by atoms with Crippen LogP contribution < -0.4 is 0 Å². The zero-order valence-electron chi connectivity index (χ0n) is 35.1. The fourth-order valence-electron chi connectivity index (χ4n) is 10.7. The zero-order valence-corrected chi connectivity index (χ0v) is 35.1. The highest BCUT2D eigenvalue weighted by atomic mass is 14.4. The topological polar surface area (TPSA) is 0 Å². The standard InChI is InChI=1S/C64H40/c1-5-17-41(18-6-1)55-39-57-58(40-56(55)42-19-7-2-8-20-42)63-62(50-36-34-46-32-30-44-22-14-16-28-52(44)54(46)38-50)60(47-23-9-3-10-24-47)61(48-25-11-4-12-26-48)64(63)59(57)49-35-33-45-31-29-43-21-13-15-27-51(43)53(45)37-49/h1-40H. The quantitative estimate of drug-likeness (QED) is 0.147. The molecule has 0 heteroatoms. The van der Waals surface area contributed by atoms with Gasteiger partial charge in [0.1, 0.15) is 0 Å². The molecule has 0 amide bonds. The van der Waals surface area contributed by atoms with E-state index in [0.717, 1.165) is 0 Å². The minimum absolute atomic E-state index is 1.20. The molecular formula is C64H40. The maximum atomic E-state index is 2.51. The van der Waals surface area contributed by atoms with Gasteiger partial charge < -0.3 is 0 Å². The molecule has 0 N–H and O–H groups in total. The van der Waals surface area contributed by atoms with Crippen LogP contribution >= 0.6 is 0 Å². The van der Waals surface area contributed by atoms with Gasteiger partial charge in [0.05, 0.1) is 0 Å². The van der Waals surface area contributed by atoms with Crippen LogP contribution in [0, 0.1) is 0 Å². The smallest absolute Gasteiger partial charge is 0.000137 e. The van der Waals surface area contributed by atoms with Crippen LogP contribution in [-0.4, -0.2) is 0 Å². The van der Waals surface area contributed by atoms with Gasteiger partial charge in [0.2, 0.25) is 0 Å². The largest absolute Gasteiger partial charge is 0.0622 e. The number of hydrogen-bond acceptors (Lipinski definition) is 0. The molecule has 296 valence electrons. The van der Waals surface area contributed by atoms with Crippen molar-refractivity contribution in [3.63, 3.8) is 0 Å². The van der Waals surface area contributed by atoms with E-state index in [4.69, 9.17) is 0 Å². The van der Waals surface area contributed by atoms with Crippen molar-refractivity contribution in [1.82, 2.24) is 0 Å². The SMILES string of the molecule is c1ccc(C2=C(c3ccccc3)C(c3ccc4ccc5ccccc5c4c3)=C3C2=C(c2ccc4ccc5ccccc5c4c2)c2cc(-c4ccccc4)c(-c4ccccc4)cc23)cc1. The minimum atomic E-state index is 1.20. The fourth-order valence-corrected chi connectivity index (χ4v) is 10.7. The Morgan fingerprint density at radius 1 is 0.156 bits per heavy atom. The third kappa shape index (κ3) is 5.70. The van der Waals surface area contributed by atoms with Gasteiger partial charge in [-0.1, -0.05) is 218 Å². The summed E-state index contributed by atoms with van der Waals surface area (Å²) < 4.78 is 0. The van der Waals surface area contributed by atoms with Gasteiger partial charge in [-0.3, -0.25) is 0 Å². The predicted octanol–water partition coefficient (Wildman–Crippen LogP) is 17.0. The van der Waals surface area contributed by atoms with Gasteiger partial charge in [-0.2, -0.15) is 0 Å². The van der Waals surface area contributed by atoms with E-state index in [-0.39, 0.29) is 0 Å². The first-order valence-electron chi connectivity index (χ1n) is 22.2. The first-order chi connectivity index (χ1) is 31.8. The highest BCUT2D eigenvalue weighted by Crippen LogP contribution is 2.62. The van der Waals surface area contributed by atoms with Gasteiger partial charge >= 0.3 is 0 Å². The normalized spacial score (nSPS) is 13.4. The molecular weight excluding hydrogens is 769 g/mol. The highest BCUT2D eigenvalue weighted by Gasteiger charge is 2.41. The molecule has 2 aliphatic carbocycles. The van der Waals surface area contributed by atoms with E-state index >= 15 is 0 Å². The Balaban J connectivity index is 1.23. The molecule has 0 nitrogen and oxygen atoms in total. The third-order valence-corrected chi connectivity index (χ3v) is 13.6. The van der Waals surface area contributed by atoms with E-state index in [1.807, 2.05) is 0 Å². The second-order valence-corrected chi connectivity index (χ2v) is 17.1. The number of benzene rings is 11. The molecule has 0 atom stereocenters. The minimum Gasteiger partial charge on any atom is -0.0622 e. The summed E-state index contributed by atoms with van der Waals surface area (Å²) in [5.41, 5.74) is 19.9. The van der Waals surface area contributed by atoms with Crippen LogP contribution in [0.1, 0.15) is 33.4 Å². The molecule has 13 rings (SSSR count). The monoisotopic (exact) mass is 808 g/mol. The van der Waals surface area contributed by atoms with Crippen LogP contribution in [0.15, 0.2) is 248 Å². The Labute approximate surface area is 373 Å². The zero-order chi connectivity index (χ0) is 42.1. The average Bonchev–Trinajstić information content (AvgIpc) is 3.89. The van der Waals surface area contributed by atoms with E-state index < -0.39 is 0 Å². The van der Waals surface area contributed by atoms with Gasteiger partial charge in [-0.15, -0.1) is 0 Å². The molecule has 0 saturated heterocycles. The molecule has 0 saturated carbocycles. The maximum Gasteiger partial charge on any atom is -0.000137 e. The van der Waals surface area contributed by atoms with Crippen LogP contribution in [0.3, 0.4) is 0 Å². The van der Waals surface area contributed by atoms with Crippen LogP contribution in [0.25, 0.3) is 93.2 Å². The van der Waals surface area contributed by atoms with E-state index in [1.54, 1.807) is 0 Å². The molecule has 0 radical (unpaired) electrons. The molecule has 2 aliphatic rings. The third-order valence-electron chi connectivity index (χ3n) is 13.6. The van der Waals surface area contributed by atoms with E-state index in [2.05, 4.69) is 243 Å². The highest BCUT2D eigenvalue weighted by molar-refractivity contribution is 6.40. The lowest BCUT2D eigenvalue weighted by atomic mass is 9.84. The van der Waals surface area contributed by atoms with Crippen molar-refractivity contribution in [3.05, 3.63) is 282 Å². The van der Waals surface area contributed by atoms with Crippen LogP contribution in [-0.2, 0) is 0 Å². The molecule has 0 fully saturated rings. The van der Waals surface area contributed by atoms with Gasteiger partial charge in [-0.25, -0.2) is 0 Å². The van der Waals surface area contributed by atoms with Gasteiger partial charge in [0.15, 0.2) is 0 Å². The number of allylic oxidation sites excluding steroid dienone is 5. The summed E-state index contributed by atoms with van der Waals surface area (Å²) in [4.78, 5) is 0. The predicted molar refractivity (Wildman–Crippen MR) is 273 cm³/mol. The van der Waals surface area contributed by atoms with Crippen LogP contribution in [0.2, 0.25) is 0 Å². The first-order valence-corrected chi connectivity index (χ1v) is 22.2. The molecule has 11 aromatic rings. The summed E-state index contributed by atoms with van der Waals surface area (Å²) in [7, 11) is 0. The van der Waals surface area contributed by atoms with Crippen molar-refractivity contribution in [2.45, 2.75) is 0 Å². The second kappa shape index (κ2) is 14.7. The van der Waals surface area contributed by atoms with Gasteiger partial charge in [0, 0.05) is 0 Å². The number of fused-ring (bicyclic) bond motifs is 9. The Bertz CT molecular complexity index is 3770. The summed E-state index contributed by atoms with van der Waals surface area (Å²) in [6, 6.07) is 90.1. The second-order valence-electron chi connectivity index (χ2n) is 17.1. The molecule has 0 bridgehead atoms. The average molecular weight is 809 g/mol. The molecule has 0 unspecified atom stereocenters. The Morgan fingerprint density at radius 2 is 0.484 bits per heavy atom. The number of hydrogen-bond donors (Lipinski definition) is 0. The summed E-state index contributed by atoms with van der Waals surface area (Å²) >= 11 is 0. The molecule has 0 heterocycles. The van der Waals surface area contributed by atoms with Crippen molar-refractivity contribution in [3.8, 4) is 22.3 Å². The molecule has 11 aromatic carbocycles. The summed E-state index contributed by atoms with van der Waals surface area (Å²) in [6.07, 6.45) is 0. The lowest BCUT2D eigenvalue weighted by Gasteiger charge is -2.19. The van der Waals surface area contributed by atoms with E-state index in [9.17, 15) is 0 Å². The summed E-state index contributed by atoms with van der Waals surface area (Å²) in [5, 5.41) is 10.0. The molecule has 0 spiro atoms. The first kappa shape index (κ1) is 36.3. The van der Waals surface area contributed by atoms with Crippen molar-refractivity contribution in [2.75, 3.05) is 0 Å². The fraction of sp³-hybridized carbons (Fsp3) is 0. The lowest BCUT2D eigenvalue weighted by molar-refractivity contribution is 1.52. The molecule has 0 aliphatic heterocycles. The van der Waals surface area contributed by atoms with Crippen LogP contribution in [0.4, 0.5) is 0 Å². The number of rotatable bonds is 6. The molecule has 0 aromatic heterocycles. The van der Waals surface area contributed by atoms with Crippen molar-refractivity contribution in [1.29, 1.82) is 0 Å². The van der Waals surface area contributed by atoms with Gasteiger partial charge in [-0.05, 0) is 156 Å². The lowest BCUT2D eigenvalue weighted by Crippen LogP contribution is -1.97. The van der Waals surface area contributed by atoms with Crippen LogP contribution in [0.5, 0.6) is 0 Å². The Kier molecular flexibility index (Phi) is 8.32. The summed E-state index contributed by atoms with van der Waals surface area (Å²) in [6.45, 7) is 0. The Morgan fingerprint density at radius 3 is 0.953 bits per heavy atom. The maximum absolute atomic E-state index is 2.51. The van der Waals surface area contributed by atoms with Crippen molar-refractivity contribution in [2.24, 2.45) is 0 Å². The van der Waals surface area contributed by atoms with Gasteiger partial charge in [0.25, 0.3) is 0 Å².